The molecule has 1 aromatic heterocycles. The van der Waals surface area contributed by atoms with Crippen LogP contribution in [0.2, 0.25) is 0 Å². The molecule has 1 amide bonds. The minimum atomic E-state index is -0.376. The third-order valence-corrected chi connectivity index (χ3v) is 4.18. The molecular formula is C17H22N4O3. The van der Waals surface area contributed by atoms with E-state index in [1.165, 1.54) is 0 Å². The predicted molar refractivity (Wildman–Crippen MR) is 88.4 cm³/mol. The first-order valence-electron chi connectivity index (χ1n) is 8.15. The Labute approximate surface area is 140 Å². The van der Waals surface area contributed by atoms with Crippen LogP contribution < -0.4 is 0 Å². The van der Waals surface area contributed by atoms with Crippen LogP contribution in [-0.2, 0) is 0 Å². The molecule has 3 rings (SSSR count). The standard InChI is InChI=1S/C17H22N4O3/c1-12-10-21(9-8-20(12)11-13(2)22)17(23)16-19-18-15(24-16)14-6-4-3-5-7-14/h3-7,12-13,22H,8-11H2,1-2H3. The van der Waals surface area contributed by atoms with Crippen LogP contribution in [-0.4, -0.2) is 69.3 Å². The highest BCUT2D eigenvalue weighted by atomic mass is 16.4. The van der Waals surface area contributed by atoms with E-state index in [0.717, 1.165) is 12.1 Å². The molecule has 0 radical (unpaired) electrons. The van der Waals surface area contributed by atoms with Gasteiger partial charge in [0.15, 0.2) is 0 Å². The third-order valence-electron chi connectivity index (χ3n) is 4.18. The van der Waals surface area contributed by atoms with Gasteiger partial charge in [-0.3, -0.25) is 9.69 Å². The molecule has 1 fully saturated rings. The van der Waals surface area contributed by atoms with E-state index >= 15 is 0 Å². The van der Waals surface area contributed by atoms with Crippen molar-refractivity contribution in [2.75, 3.05) is 26.2 Å². The van der Waals surface area contributed by atoms with Gasteiger partial charge in [-0.1, -0.05) is 18.2 Å². The number of hydrogen-bond acceptors (Lipinski definition) is 6. The topological polar surface area (TPSA) is 82.7 Å². The van der Waals surface area contributed by atoms with Crippen molar-refractivity contribution in [2.24, 2.45) is 0 Å². The van der Waals surface area contributed by atoms with E-state index in [9.17, 15) is 9.90 Å². The summed E-state index contributed by atoms with van der Waals surface area (Å²) in [7, 11) is 0. The highest BCUT2D eigenvalue weighted by molar-refractivity contribution is 5.89. The summed E-state index contributed by atoms with van der Waals surface area (Å²) < 4.78 is 5.54. The SMILES string of the molecule is CC(O)CN1CCN(C(=O)c2nnc(-c3ccccc3)o2)CC1C. The fourth-order valence-corrected chi connectivity index (χ4v) is 2.93. The summed E-state index contributed by atoms with van der Waals surface area (Å²) >= 11 is 0. The number of rotatable bonds is 4. The summed E-state index contributed by atoms with van der Waals surface area (Å²) in [5.41, 5.74) is 0.791. The van der Waals surface area contributed by atoms with Crippen LogP contribution in [0.15, 0.2) is 34.7 Å². The number of amides is 1. The number of nitrogens with zero attached hydrogens (tertiary/aromatic N) is 4. The molecule has 2 atom stereocenters. The van der Waals surface area contributed by atoms with Gasteiger partial charge in [0.25, 0.3) is 0 Å². The summed E-state index contributed by atoms with van der Waals surface area (Å²) in [6.07, 6.45) is -0.376. The molecule has 2 heterocycles. The predicted octanol–water partition coefficient (Wildman–Crippen LogP) is 1.26. The third kappa shape index (κ3) is 3.63. The Morgan fingerprint density at radius 2 is 2.08 bits per heavy atom. The molecule has 2 unspecified atom stereocenters. The van der Waals surface area contributed by atoms with Crippen LogP contribution >= 0.6 is 0 Å². The monoisotopic (exact) mass is 330 g/mol. The maximum atomic E-state index is 12.6. The molecule has 1 aliphatic rings. The number of benzene rings is 1. The highest BCUT2D eigenvalue weighted by Gasteiger charge is 2.30. The molecule has 24 heavy (non-hydrogen) atoms. The van der Waals surface area contributed by atoms with Gasteiger partial charge in [-0.15, -0.1) is 10.2 Å². The minimum Gasteiger partial charge on any atom is -0.412 e. The van der Waals surface area contributed by atoms with Crippen LogP contribution in [0.3, 0.4) is 0 Å². The average molecular weight is 330 g/mol. The van der Waals surface area contributed by atoms with Gasteiger partial charge in [0.1, 0.15) is 0 Å². The molecule has 1 saturated heterocycles. The fraction of sp³-hybridized carbons (Fsp3) is 0.471. The van der Waals surface area contributed by atoms with E-state index in [1.807, 2.05) is 37.3 Å². The lowest BCUT2D eigenvalue weighted by atomic mass is 10.1. The van der Waals surface area contributed by atoms with Gasteiger partial charge < -0.3 is 14.4 Å². The maximum Gasteiger partial charge on any atom is 0.311 e. The van der Waals surface area contributed by atoms with Crippen molar-refractivity contribution >= 4 is 5.91 Å². The summed E-state index contributed by atoms with van der Waals surface area (Å²) in [5, 5.41) is 17.4. The summed E-state index contributed by atoms with van der Waals surface area (Å²) in [6, 6.07) is 9.56. The number of hydrogen-bond donors (Lipinski definition) is 1. The molecule has 2 aromatic rings. The largest absolute Gasteiger partial charge is 0.412 e. The summed E-state index contributed by atoms with van der Waals surface area (Å²) in [5.74, 6) is 0.123. The zero-order chi connectivity index (χ0) is 17.1. The Hall–Kier alpha value is -2.25. The second-order valence-electron chi connectivity index (χ2n) is 6.22. The molecular weight excluding hydrogens is 308 g/mol. The number of β-amino-alcohol motifs (C(OH)–C–C–N with tert-alkyl or cyclic N) is 1. The number of carbonyl (C=O) groups is 1. The Kier molecular flexibility index (Phi) is 4.92. The first kappa shape index (κ1) is 16.6. The lowest BCUT2D eigenvalue weighted by molar-refractivity contribution is 0.0341. The average Bonchev–Trinajstić information content (AvgIpc) is 3.06. The van der Waals surface area contributed by atoms with Gasteiger partial charge in [0.2, 0.25) is 5.89 Å². The molecule has 0 saturated carbocycles. The first-order valence-corrected chi connectivity index (χ1v) is 8.15. The van der Waals surface area contributed by atoms with Crippen molar-refractivity contribution in [1.82, 2.24) is 20.0 Å². The zero-order valence-electron chi connectivity index (χ0n) is 13.9. The first-order chi connectivity index (χ1) is 11.5. The van der Waals surface area contributed by atoms with Crippen molar-refractivity contribution in [1.29, 1.82) is 0 Å². The molecule has 1 N–H and O–H groups in total. The lowest BCUT2D eigenvalue weighted by Crippen LogP contribution is -2.55. The molecule has 7 heteroatoms. The number of aliphatic hydroxyl groups excluding tert-OH is 1. The van der Waals surface area contributed by atoms with Gasteiger partial charge in [0, 0.05) is 37.8 Å². The number of carbonyl (C=O) groups excluding carboxylic acids is 1. The Morgan fingerprint density at radius 3 is 2.75 bits per heavy atom. The van der Waals surface area contributed by atoms with E-state index in [1.54, 1.807) is 11.8 Å². The zero-order valence-corrected chi connectivity index (χ0v) is 13.9. The van der Waals surface area contributed by atoms with Crippen molar-refractivity contribution < 1.29 is 14.3 Å². The fourth-order valence-electron chi connectivity index (χ4n) is 2.93. The number of aliphatic hydroxyl groups is 1. The molecule has 1 aliphatic heterocycles. The van der Waals surface area contributed by atoms with Gasteiger partial charge in [-0.25, -0.2) is 0 Å². The van der Waals surface area contributed by atoms with Crippen LogP contribution in [0.5, 0.6) is 0 Å². The molecule has 128 valence electrons. The van der Waals surface area contributed by atoms with Gasteiger partial charge >= 0.3 is 11.8 Å². The summed E-state index contributed by atoms with van der Waals surface area (Å²) in [4.78, 5) is 16.5. The summed E-state index contributed by atoms with van der Waals surface area (Å²) in [6.45, 7) is 6.31. The van der Waals surface area contributed by atoms with Crippen LogP contribution in [0.1, 0.15) is 24.5 Å². The Balaban J connectivity index is 1.66. The molecule has 7 nitrogen and oxygen atoms in total. The van der Waals surface area contributed by atoms with Gasteiger partial charge in [0.05, 0.1) is 6.10 Å². The molecule has 0 bridgehead atoms. The van der Waals surface area contributed by atoms with Crippen LogP contribution in [0.25, 0.3) is 11.5 Å². The van der Waals surface area contributed by atoms with E-state index < -0.39 is 0 Å². The normalized spacial score (nSPS) is 20.1. The van der Waals surface area contributed by atoms with Crippen molar-refractivity contribution in [3.63, 3.8) is 0 Å². The van der Waals surface area contributed by atoms with Crippen molar-refractivity contribution in [2.45, 2.75) is 26.0 Å². The second-order valence-corrected chi connectivity index (χ2v) is 6.22. The lowest BCUT2D eigenvalue weighted by Gasteiger charge is -2.39. The number of aromatic nitrogens is 2. The smallest absolute Gasteiger partial charge is 0.311 e. The van der Waals surface area contributed by atoms with E-state index in [-0.39, 0.29) is 23.9 Å². The minimum absolute atomic E-state index is 0.0185. The van der Waals surface area contributed by atoms with Crippen LogP contribution in [0.4, 0.5) is 0 Å². The Morgan fingerprint density at radius 1 is 1.33 bits per heavy atom. The van der Waals surface area contributed by atoms with Gasteiger partial charge in [-0.2, -0.15) is 0 Å². The van der Waals surface area contributed by atoms with Crippen molar-refractivity contribution in [3.05, 3.63) is 36.2 Å². The van der Waals surface area contributed by atoms with Crippen LogP contribution in [0, 0.1) is 0 Å². The maximum absolute atomic E-state index is 12.6. The van der Waals surface area contributed by atoms with E-state index in [4.69, 9.17) is 4.42 Å². The second kappa shape index (κ2) is 7.11. The molecule has 0 aliphatic carbocycles. The van der Waals surface area contributed by atoms with E-state index in [2.05, 4.69) is 15.1 Å². The van der Waals surface area contributed by atoms with Gasteiger partial charge in [-0.05, 0) is 26.0 Å². The highest BCUT2D eigenvalue weighted by Crippen LogP contribution is 2.19. The van der Waals surface area contributed by atoms with E-state index in [0.29, 0.717) is 25.5 Å². The quantitative estimate of drug-likeness (QED) is 0.909. The number of piperazine rings is 1. The Bertz CT molecular complexity index is 686. The molecule has 0 spiro atoms. The van der Waals surface area contributed by atoms with Crippen molar-refractivity contribution in [3.8, 4) is 11.5 Å². The molecule has 1 aromatic carbocycles.